The van der Waals surface area contributed by atoms with Gasteiger partial charge in [-0.15, -0.1) is 0 Å². The smallest absolute Gasteiger partial charge is 0.282 e. The van der Waals surface area contributed by atoms with E-state index in [1.165, 1.54) is 18.3 Å². The van der Waals surface area contributed by atoms with Gasteiger partial charge in [0.05, 0.1) is 17.7 Å². The van der Waals surface area contributed by atoms with Gasteiger partial charge in [0, 0.05) is 18.2 Å². The molecule has 0 aliphatic carbocycles. The summed E-state index contributed by atoms with van der Waals surface area (Å²) in [5.74, 6) is -0.613. The maximum absolute atomic E-state index is 14.5. The Bertz CT molecular complexity index is 934. The summed E-state index contributed by atoms with van der Waals surface area (Å²) in [7, 11) is 0. The molecular weight excluding hydrogens is 347 g/mol. The molecule has 0 fully saturated rings. The maximum Gasteiger partial charge on any atom is 0.282 e. The van der Waals surface area contributed by atoms with Crippen LogP contribution in [0.1, 0.15) is 46.9 Å². The second-order valence-electron chi connectivity index (χ2n) is 6.63. The SMILES string of the molecule is C[C@@]1(c2cc(CC(=O)c3ccc(C#N)cn3)ccc2F)CCCOC(N)=N1. The summed E-state index contributed by atoms with van der Waals surface area (Å²) in [5, 5.41) is 8.81. The number of benzene rings is 1. The van der Waals surface area contributed by atoms with E-state index in [1.807, 2.05) is 6.07 Å². The lowest BCUT2D eigenvalue weighted by Gasteiger charge is -2.25. The number of ether oxygens (including phenoxy) is 1. The third-order valence-electron chi connectivity index (χ3n) is 4.57. The zero-order chi connectivity index (χ0) is 19.4. The van der Waals surface area contributed by atoms with Crippen molar-refractivity contribution in [2.75, 3.05) is 6.61 Å². The van der Waals surface area contributed by atoms with Gasteiger partial charge in [0.15, 0.2) is 5.78 Å². The summed E-state index contributed by atoms with van der Waals surface area (Å²) >= 11 is 0. The van der Waals surface area contributed by atoms with Gasteiger partial charge in [-0.25, -0.2) is 9.38 Å². The molecule has 1 aromatic carbocycles. The van der Waals surface area contributed by atoms with Gasteiger partial charge >= 0.3 is 0 Å². The molecule has 1 aliphatic heterocycles. The average molecular weight is 366 g/mol. The largest absolute Gasteiger partial charge is 0.465 e. The second-order valence-corrected chi connectivity index (χ2v) is 6.63. The first-order valence-electron chi connectivity index (χ1n) is 8.58. The normalized spacial score (nSPS) is 19.4. The van der Waals surface area contributed by atoms with Gasteiger partial charge in [0.2, 0.25) is 0 Å². The lowest BCUT2D eigenvalue weighted by atomic mass is 9.86. The fraction of sp³-hybridized carbons (Fsp3) is 0.300. The molecule has 0 unspecified atom stereocenters. The number of ketones is 1. The highest BCUT2D eigenvalue weighted by Crippen LogP contribution is 2.34. The molecular formula is C20H19FN4O2. The van der Waals surface area contributed by atoms with Gasteiger partial charge in [-0.05, 0) is 49.6 Å². The molecule has 2 N–H and O–H groups in total. The van der Waals surface area contributed by atoms with Crippen LogP contribution in [0.25, 0.3) is 0 Å². The Balaban J connectivity index is 1.87. The molecule has 6 nitrogen and oxygen atoms in total. The van der Waals surface area contributed by atoms with Gasteiger partial charge in [0.1, 0.15) is 17.6 Å². The molecule has 1 aliphatic rings. The summed E-state index contributed by atoms with van der Waals surface area (Å²) in [4.78, 5) is 20.8. The van der Waals surface area contributed by atoms with E-state index in [9.17, 15) is 9.18 Å². The van der Waals surface area contributed by atoms with Crippen LogP contribution in [0.4, 0.5) is 4.39 Å². The predicted octanol–water partition coefficient (Wildman–Crippen LogP) is 2.86. The summed E-state index contributed by atoms with van der Waals surface area (Å²) in [5.41, 5.74) is 6.57. The van der Waals surface area contributed by atoms with E-state index < -0.39 is 11.4 Å². The van der Waals surface area contributed by atoms with Crippen LogP contribution < -0.4 is 5.73 Å². The fourth-order valence-corrected chi connectivity index (χ4v) is 3.12. The van der Waals surface area contributed by atoms with E-state index >= 15 is 0 Å². The third kappa shape index (κ3) is 4.11. The van der Waals surface area contributed by atoms with Crippen LogP contribution in [0.15, 0.2) is 41.5 Å². The highest BCUT2D eigenvalue weighted by atomic mass is 19.1. The van der Waals surface area contributed by atoms with Crippen molar-refractivity contribution in [3.05, 3.63) is 64.7 Å². The number of Topliss-reactive ketones (excluding diaryl/α,β-unsaturated/α-hetero) is 1. The van der Waals surface area contributed by atoms with E-state index in [1.54, 1.807) is 25.1 Å². The van der Waals surface area contributed by atoms with Crippen LogP contribution in [0.5, 0.6) is 0 Å². The quantitative estimate of drug-likeness (QED) is 0.839. The van der Waals surface area contributed by atoms with Gasteiger partial charge in [-0.3, -0.25) is 9.78 Å². The molecule has 0 radical (unpaired) electrons. The van der Waals surface area contributed by atoms with Crippen molar-refractivity contribution in [1.29, 1.82) is 5.26 Å². The van der Waals surface area contributed by atoms with Crippen molar-refractivity contribution >= 4 is 11.8 Å². The monoisotopic (exact) mass is 366 g/mol. The Morgan fingerprint density at radius 3 is 2.93 bits per heavy atom. The number of aromatic nitrogens is 1. The Hall–Kier alpha value is -3.27. The number of amidine groups is 1. The number of nitriles is 1. The molecule has 0 spiro atoms. The lowest BCUT2D eigenvalue weighted by Crippen LogP contribution is -2.25. The average Bonchev–Trinajstić information content (AvgIpc) is 2.84. The zero-order valence-electron chi connectivity index (χ0n) is 14.9. The Kier molecular flexibility index (Phi) is 5.17. The molecule has 3 rings (SSSR count). The van der Waals surface area contributed by atoms with Gasteiger partial charge in [0.25, 0.3) is 6.02 Å². The number of nitrogens with two attached hydrogens (primary N) is 1. The fourth-order valence-electron chi connectivity index (χ4n) is 3.12. The third-order valence-corrected chi connectivity index (χ3v) is 4.57. The van der Waals surface area contributed by atoms with Crippen molar-refractivity contribution in [2.24, 2.45) is 10.7 Å². The van der Waals surface area contributed by atoms with Crippen LogP contribution >= 0.6 is 0 Å². The molecule has 0 bridgehead atoms. The zero-order valence-corrected chi connectivity index (χ0v) is 14.9. The molecule has 138 valence electrons. The van der Waals surface area contributed by atoms with Crippen molar-refractivity contribution in [3.8, 4) is 6.07 Å². The number of aliphatic imine (C=N–C) groups is 1. The molecule has 1 atom stereocenters. The van der Waals surface area contributed by atoms with Crippen molar-refractivity contribution in [1.82, 2.24) is 4.98 Å². The topological polar surface area (TPSA) is 101 Å². The number of nitrogens with zero attached hydrogens (tertiary/aromatic N) is 3. The maximum atomic E-state index is 14.5. The number of pyridine rings is 1. The first kappa shape index (κ1) is 18.5. The molecule has 2 aromatic rings. The van der Waals surface area contributed by atoms with E-state index in [0.29, 0.717) is 36.1 Å². The first-order valence-corrected chi connectivity index (χ1v) is 8.58. The molecule has 0 saturated heterocycles. The van der Waals surface area contributed by atoms with Crippen LogP contribution in [-0.4, -0.2) is 23.4 Å². The number of carbonyl (C=O) groups is 1. The number of carbonyl (C=O) groups excluding carboxylic acids is 1. The molecule has 27 heavy (non-hydrogen) atoms. The minimum atomic E-state index is -0.851. The van der Waals surface area contributed by atoms with Crippen LogP contribution in [-0.2, 0) is 16.7 Å². The minimum Gasteiger partial charge on any atom is -0.465 e. The number of halogens is 1. The molecule has 0 amide bonds. The number of rotatable bonds is 4. The predicted molar refractivity (Wildman–Crippen MR) is 97.5 cm³/mol. The van der Waals surface area contributed by atoms with Crippen molar-refractivity contribution in [2.45, 2.75) is 31.7 Å². The van der Waals surface area contributed by atoms with Crippen LogP contribution in [0.2, 0.25) is 0 Å². The minimum absolute atomic E-state index is 0.0395. The molecule has 1 aromatic heterocycles. The molecule has 7 heteroatoms. The molecule has 0 saturated carbocycles. The van der Waals surface area contributed by atoms with E-state index in [-0.39, 0.29) is 23.9 Å². The Labute approximate surface area is 156 Å². The van der Waals surface area contributed by atoms with E-state index in [2.05, 4.69) is 9.98 Å². The van der Waals surface area contributed by atoms with Gasteiger partial charge < -0.3 is 10.5 Å². The van der Waals surface area contributed by atoms with Crippen LogP contribution in [0.3, 0.4) is 0 Å². The second kappa shape index (κ2) is 7.54. The standard InChI is InChI=1S/C20H19FN4O2/c1-20(7-2-8-27-19(23)25-20)15-9-13(3-5-16(15)21)10-18(26)17-6-4-14(11-22)12-24-17/h3-6,9,12H,2,7-8,10H2,1H3,(H2,23,25)/t20-/m0/s1. The van der Waals surface area contributed by atoms with Gasteiger partial charge in [-0.1, -0.05) is 6.07 Å². The van der Waals surface area contributed by atoms with E-state index in [4.69, 9.17) is 15.7 Å². The highest BCUT2D eigenvalue weighted by molar-refractivity contribution is 5.95. The van der Waals surface area contributed by atoms with Crippen molar-refractivity contribution < 1.29 is 13.9 Å². The lowest BCUT2D eigenvalue weighted by molar-refractivity contribution is 0.0988. The molecule has 2 heterocycles. The van der Waals surface area contributed by atoms with E-state index in [0.717, 1.165) is 0 Å². The summed E-state index contributed by atoms with van der Waals surface area (Å²) in [6.45, 7) is 2.25. The van der Waals surface area contributed by atoms with Gasteiger partial charge in [-0.2, -0.15) is 5.26 Å². The summed E-state index contributed by atoms with van der Waals surface area (Å²) < 4.78 is 19.8. The summed E-state index contributed by atoms with van der Waals surface area (Å²) in [6.07, 6.45) is 2.70. The van der Waals surface area contributed by atoms with Crippen LogP contribution in [0, 0.1) is 17.1 Å². The first-order chi connectivity index (χ1) is 12.9. The number of hydrogen-bond donors (Lipinski definition) is 1. The van der Waals surface area contributed by atoms with Crippen molar-refractivity contribution in [3.63, 3.8) is 0 Å². The highest BCUT2D eigenvalue weighted by Gasteiger charge is 2.31. The summed E-state index contributed by atoms with van der Waals surface area (Å²) in [6, 6.07) is 9.62. The number of hydrogen-bond acceptors (Lipinski definition) is 6. The Morgan fingerprint density at radius 2 is 2.22 bits per heavy atom. The Morgan fingerprint density at radius 1 is 1.41 bits per heavy atom.